The Hall–Kier alpha value is -2.40. The molecule has 1 atom stereocenters. The van der Waals surface area contributed by atoms with Gasteiger partial charge in [-0.2, -0.15) is 0 Å². The van der Waals surface area contributed by atoms with E-state index in [-0.39, 0.29) is 23.7 Å². The molecule has 2 aliphatic rings. The third-order valence-corrected chi connectivity index (χ3v) is 6.01. The number of benzene rings is 2. The summed E-state index contributed by atoms with van der Waals surface area (Å²) in [7, 11) is 0. The van der Waals surface area contributed by atoms with E-state index < -0.39 is 5.41 Å². The molecule has 0 unspecified atom stereocenters. The summed E-state index contributed by atoms with van der Waals surface area (Å²) in [5.41, 5.74) is 1.77. The Morgan fingerprint density at radius 1 is 1.22 bits per heavy atom. The van der Waals surface area contributed by atoms with Crippen molar-refractivity contribution in [1.82, 2.24) is 4.90 Å². The standard InChI is InChI=1S/C22H24FNO3/c1-21(2)14-22(21,17-4-6-18(23)7-5-17)20(26)24-9-10-27-19-8-3-15(13-25)11-16(19)12-24/h3-8,11,25H,9-10,12-14H2,1-2H3/t22-/m1/s1. The molecule has 0 aromatic heterocycles. The van der Waals surface area contributed by atoms with Crippen LogP contribution < -0.4 is 4.74 Å². The average molecular weight is 369 g/mol. The Balaban J connectivity index is 1.67. The topological polar surface area (TPSA) is 49.8 Å². The van der Waals surface area contributed by atoms with E-state index in [1.54, 1.807) is 12.1 Å². The van der Waals surface area contributed by atoms with Crippen molar-refractivity contribution in [2.45, 2.75) is 38.8 Å². The summed E-state index contributed by atoms with van der Waals surface area (Å²) in [5.74, 6) is 0.520. The first-order chi connectivity index (χ1) is 12.9. The van der Waals surface area contributed by atoms with Crippen LogP contribution in [-0.4, -0.2) is 29.1 Å². The van der Waals surface area contributed by atoms with Crippen molar-refractivity contribution in [3.8, 4) is 5.75 Å². The average Bonchev–Trinajstić information content (AvgIpc) is 3.31. The van der Waals surface area contributed by atoms with E-state index in [1.807, 2.05) is 23.1 Å². The predicted molar refractivity (Wildman–Crippen MR) is 99.8 cm³/mol. The van der Waals surface area contributed by atoms with Gasteiger partial charge in [0.05, 0.1) is 18.6 Å². The molecule has 1 N–H and O–H groups in total. The summed E-state index contributed by atoms with van der Waals surface area (Å²) in [5, 5.41) is 9.41. The third kappa shape index (κ3) is 2.90. The summed E-state index contributed by atoms with van der Waals surface area (Å²) in [4.78, 5) is 15.5. The summed E-state index contributed by atoms with van der Waals surface area (Å²) in [6.45, 7) is 5.49. The van der Waals surface area contributed by atoms with Crippen molar-refractivity contribution in [2.75, 3.05) is 13.2 Å². The number of nitrogens with zero attached hydrogens (tertiary/aromatic N) is 1. The van der Waals surface area contributed by atoms with Crippen LogP contribution in [0.3, 0.4) is 0 Å². The Bertz CT molecular complexity index is 878. The van der Waals surface area contributed by atoms with Gasteiger partial charge in [0.2, 0.25) is 5.91 Å². The number of hydrogen-bond acceptors (Lipinski definition) is 3. The number of halogens is 1. The minimum atomic E-state index is -0.625. The number of hydrogen-bond donors (Lipinski definition) is 1. The van der Waals surface area contributed by atoms with Crippen LogP contribution in [0, 0.1) is 11.2 Å². The molecule has 0 spiro atoms. The van der Waals surface area contributed by atoms with Gasteiger partial charge in [0.15, 0.2) is 0 Å². The van der Waals surface area contributed by atoms with Gasteiger partial charge in [0.25, 0.3) is 0 Å². The quantitative estimate of drug-likeness (QED) is 0.902. The van der Waals surface area contributed by atoms with Crippen LogP contribution in [0.1, 0.15) is 37.0 Å². The van der Waals surface area contributed by atoms with Gasteiger partial charge in [0.1, 0.15) is 18.2 Å². The van der Waals surface area contributed by atoms with Crippen LogP contribution in [0.25, 0.3) is 0 Å². The zero-order chi connectivity index (χ0) is 19.2. The number of carbonyl (C=O) groups is 1. The molecule has 1 aliphatic carbocycles. The first kappa shape index (κ1) is 18.0. The van der Waals surface area contributed by atoms with E-state index in [0.29, 0.717) is 19.7 Å². The molecule has 1 heterocycles. The van der Waals surface area contributed by atoms with E-state index in [9.17, 15) is 14.3 Å². The van der Waals surface area contributed by atoms with Crippen LogP contribution in [0.5, 0.6) is 5.75 Å². The van der Waals surface area contributed by atoms with E-state index in [0.717, 1.165) is 28.9 Å². The molecular formula is C22H24FNO3. The fraction of sp³-hybridized carbons (Fsp3) is 0.409. The second-order valence-electron chi connectivity index (χ2n) is 8.15. The molecule has 2 aromatic rings. The van der Waals surface area contributed by atoms with E-state index in [1.165, 1.54) is 12.1 Å². The van der Waals surface area contributed by atoms with Crippen LogP contribution >= 0.6 is 0 Å². The lowest BCUT2D eigenvalue weighted by Gasteiger charge is -2.28. The fourth-order valence-electron chi connectivity index (χ4n) is 4.32. The van der Waals surface area contributed by atoms with Crippen molar-refractivity contribution in [3.63, 3.8) is 0 Å². The minimum Gasteiger partial charge on any atom is -0.491 e. The van der Waals surface area contributed by atoms with Crippen molar-refractivity contribution in [3.05, 3.63) is 65.0 Å². The minimum absolute atomic E-state index is 0.0478. The van der Waals surface area contributed by atoms with E-state index in [2.05, 4.69) is 13.8 Å². The molecule has 1 saturated carbocycles. The van der Waals surface area contributed by atoms with Gasteiger partial charge in [-0.15, -0.1) is 0 Å². The van der Waals surface area contributed by atoms with Gasteiger partial charge in [-0.1, -0.05) is 32.0 Å². The lowest BCUT2D eigenvalue weighted by Crippen LogP contribution is -2.42. The normalized spacial score (nSPS) is 23.2. The lowest BCUT2D eigenvalue weighted by molar-refractivity contribution is -0.135. The van der Waals surface area contributed by atoms with Crippen LogP contribution in [0.15, 0.2) is 42.5 Å². The third-order valence-electron chi connectivity index (χ3n) is 6.01. The number of fused-ring (bicyclic) bond motifs is 1. The molecule has 1 amide bonds. The molecule has 0 radical (unpaired) electrons. The van der Waals surface area contributed by atoms with E-state index >= 15 is 0 Å². The Morgan fingerprint density at radius 3 is 2.56 bits per heavy atom. The summed E-state index contributed by atoms with van der Waals surface area (Å²) in [6.07, 6.45) is 0.741. The molecule has 0 saturated heterocycles. The highest BCUT2D eigenvalue weighted by atomic mass is 19.1. The highest BCUT2D eigenvalue weighted by Crippen LogP contribution is 2.65. The summed E-state index contributed by atoms with van der Waals surface area (Å²) in [6, 6.07) is 11.9. The van der Waals surface area contributed by atoms with Crippen molar-refractivity contribution in [1.29, 1.82) is 0 Å². The molecule has 1 fully saturated rings. The fourth-order valence-corrected chi connectivity index (χ4v) is 4.32. The highest BCUT2D eigenvalue weighted by molar-refractivity contribution is 5.93. The molecule has 1 aliphatic heterocycles. The Kier molecular flexibility index (Phi) is 4.22. The maximum absolute atomic E-state index is 13.6. The van der Waals surface area contributed by atoms with Gasteiger partial charge < -0.3 is 14.7 Å². The highest BCUT2D eigenvalue weighted by Gasteiger charge is 2.68. The SMILES string of the molecule is CC1(C)C[C@]1(C(=O)N1CCOc2ccc(CO)cc2C1)c1ccc(F)cc1. The van der Waals surface area contributed by atoms with Crippen LogP contribution in [-0.2, 0) is 23.4 Å². The molecule has 5 heteroatoms. The van der Waals surface area contributed by atoms with Crippen molar-refractivity contribution < 1.29 is 19.0 Å². The molecule has 0 bridgehead atoms. The zero-order valence-electron chi connectivity index (χ0n) is 15.7. The van der Waals surface area contributed by atoms with Crippen LogP contribution in [0.4, 0.5) is 4.39 Å². The molecule has 142 valence electrons. The number of aliphatic hydroxyl groups is 1. The van der Waals surface area contributed by atoms with Gasteiger partial charge in [-0.05, 0) is 47.2 Å². The predicted octanol–water partition coefficient (Wildman–Crippen LogP) is 3.41. The van der Waals surface area contributed by atoms with Gasteiger partial charge in [0, 0.05) is 12.1 Å². The number of rotatable bonds is 3. The molecule has 4 rings (SSSR count). The first-order valence-electron chi connectivity index (χ1n) is 9.28. The summed E-state index contributed by atoms with van der Waals surface area (Å²) < 4.78 is 19.2. The molecule has 2 aromatic carbocycles. The zero-order valence-corrected chi connectivity index (χ0v) is 15.7. The monoisotopic (exact) mass is 369 g/mol. The first-order valence-corrected chi connectivity index (χ1v) is 9.28. The van der Waals surface area contributed by atoms with Gasteiger partial charge in [-0.3, -0.25) is 4.79 Å². The van der Waals surface area contributed by atoms with E-state index in [4.69, 9.17) is 4.74 Å². The smallest absolute Gasteiger partial charge is 0.234 e. The number of aliphatic hydroxyl groups excluding tert-OH is 1. The Labute approximate surface area is 158 Å². The molecule has 4 nitrogen and oxygen atoms in total. The van der Waals surface area contributed by atoms with Crippen molar-refractivity contribution in [2.24, 2.45) is 5.41 Å². The number of amides is 1. The number of ether oxygens (including phenoxy) is 1. The largest absolute Gasteiger partial charge is 0.491 e. The maximum Gasteiger partial charge on any atom is 0.234 e. The van der Waals surface area contributed by atoms with Crippen molar-refractivity contribution >= 4 is 5.91 Å². The second kappa shape index (κ2) is 6.34. The Morgan fingerprint density at radius 2 is 1.93 bits per heavy atom. The second-order valence-corrected chi connectivity index (χ2v) is 8.15. The van der Waals surface area contributed by atoms with Gasteiger partial charge >= 0.3 is 0 Å². The molecular weight excluding hydrogens is 345 g/mol. The maximum atomic E-state index is 13.6. The number of carbonyl (C=O) groups excluding carboxylic acids is 1. The molecule has 27 heavy (non-hydrogen) atoms. The lowest BCUT2D eigenvalue weighted by atomic mass is 9.86. The summed E-state index contributed by atoms with van der Waals surface area (Å²) >= 11 is 0. The van der Waals surface area contributed by atoms with Gasteiger partial charge in [-0.25, -0.2) is 4.39 Å². The van der Waals surface area contributed by atoms with Crippen LogP contribution in [0.2, 0.25) is 0 Å².